The number of nitrogens with zero attached hydrogens (tertiary/aromatic N) is 3. The summed E-state index contributed by atoms with van der Waals surface area (Å²) in [7, 11) is 0. The molecule has 0 amide bonds. The number of carbonyl (C=O) groups is 1. The molecule has 1 aliphatic rings. The molecule has 0 bridgehead atoms. The number of carbonyl (C=O) groups excluding carboxylic acids is 1. The van der Waals surface area contributed by atoms with E-state index in [1.165, 1.54) is 5.56 Å². The standard InChI is InChI=1S/C23H24N4O2S/c1-14(28)16-7-9-20-19(11-16)24-13-27(20)12-15-6-8-18-22(10-15)30-23(26-18)25-17-4-2-3-5-21(17)29/h6-11,13,17,21,29H,2-5,12H2,1H3,(H,25,26)/t17-,21-/m1/s1. The largest absolute Gasteiger partial charge is 0.391 e. The fourth-order valence-electron chi connectivity index (χ4n) is 4.17. The minimum atomic E-state index is -0.292. The number of aromatic nitrogens is 3. The average molecular weight is 421 g/mol. The van der Waals surface area contributed by atoms with Crippen LogP contribution in [0.15, 0.2) is 42.7 Å². The number of anilines is 1. The molecule has 1 aliphatic carbocycles. The Morgan fingerprint density at radius 3 is 2.90 bits per heavy atom. The number of nitrogens with one attached hydrogen (secondary N) is 1. The maximum Gasteiger partial charge on any atom is 0.184 e. The number of benzene rings is 2. The number of imidazole rings is 1. The summed E-state index contributed by atoms with van der Waals surface area (Å²) in [6.07, 6.45) is 5.63. The van der Waals surface area contributed by atoms with E-state index in [1.54, 1.807) is 18.3 Å². The highest BCUT2D eigenvalue weighted by molar-refractivity contribution is 7.22. The molecule has 1 saturated carbocycles. The molecule has 2 aromatic heterocycles. The van der Waals surface area contributed by atoms with Crippen molar-refractivity contribution >= 4 is 43.5 Å². The van der Waals surface area contributed by atoms with Gasteiger partial charge in [0.05, 0.1) is 39.7 Å². The molecule has 0 aliphatic heterocycles. The van der Waals surface area contributed by atoms with Gasteiger partial charge in [0.25, 0.3) is 0 Å². The molecule has 4 aromatic rings. The number of fused-ring (bicyclic) bond motifs is 2. The first-order valence-corrected chi connectivity index (χ1v) is 11.2. The molecular weight excluding hydrogens is 396 g/mol. The van der Waals surface area contributed by atoms with Gasteiger partial charge in [-0.15, -0.1) is 0 Å². The third-order valence-corrected chi connectivity index (χ3v) is 6.82. The smallest absolute Gasteiger partial charge is 0.184 e. The first-order valence-electron chi connectivity index (χ1n) is 10.4. The summed E-state index contributed by atoms with van der Waals surface area (Å²) in [5, 5.41) is 14.5. The summed E-state index contributed by atoms with van der Waals surface area (Å²) in [6, 6.07) is 12.1. The van der Waals surface area contributed by atoms with Crippen LogP contribution in [0.25, 0.3) is 21.3 Å². The van der Waals surface area contributed by atoms with Crippen molar-refractivity contribution in [1.29, 1.82) is 0 Å². The number of ketones is 1. The van der Waals surface area contributed by atoms with Crippen molar-refractivity contribution in [2.45, 2.75) is 51.3 Å². The van der Waals surface area contributed by atoms with Gasteiger partial charge in [-0.05, 0) is 55.7 Å². The zero-order valence-corrected chi connectivity index (χ0v) is 17.7. The first-order chi connectivity index (χ1) is 14.6. The topological polar surface area (TPSA) is 80.0 Å². The van der Waals surface area contributed by atoms with E-state index in [0.29, 0.717) is 12.1 Å². The summed E-state index contributed by atoms with van der Waals surface area (Å²) in [5.41, 5.74) is 4.67. The Bertz CT molecular complexity index is 1230. The fraction of sp³-hybridized carbons (Fsp3) is 0.348. The minimum Gasteiger partial charge on any atom is -0.391 e. The number of hydrogen-bond donors (Lipinski definition) is 2. The minimum absolute atomic E-state index is 0.0484. The Balaban J connectivity index is 1.37. The number of rotatable bonds is 5. The highest BCUT2D eigenvalue weighted by atomic mass is 32.1. The van der Waals surface area contributed by atoms with E-state index in [-0.39, 0.29) is 17.9 Å². The summed E-state index contributed by atoms with van der Waals surface area (Å²) in [5.74, 6) is 0.0484. The van der Waals surface area contributed by atoms with Gasteiger partial charge in [-0.25, -0.2) is 9.97 Å². The molecule has 2 aromatic carbocycles. The van der Waals surface area contributed by atoms with E-state index in [9.17, 15) is 9.90 Å². The third kappa shape index (κ3) is 3.70. The second-order valence-corrected chi connectivity index (χ2v) is 9.09. The van der Waals surface area contributed by atoms with E-state index >= 15 is 0 Å². The van der Waals surface area contributed by atoms with E-state index in [4.69, 9.17) is 4.98 Å². The average Bonchev–Trinajstić information content (AvgIpc) is 3.32. The van der Waals surface area contributed by atoms with Gasteiger partial charge >= 0.3 is 0 Å². The van der Waals surface area contributed by atoms with E-state index < -0.39 is 0 Å². The molecule has 2 N–H and O–H groups in total. The Morgan fingerprint density at radius 1 is 1.20 bits per heavy atom. The Hall–Kier alpha value is -2.77. The van der Waals surface area contributed by atoms with Gasteiger partial charge in [0.2, 0.25) is 0 Å². The van der Waals surface area contributed by atoms with Crippen LogP contribution in [-0.2, 0) is 6.54 Å². The van der Waals surface area contributed by atoms with Crippen LogP contribution in [0.3, 0.4) is 0 Å². The van der Waals surface area contributed by atoms with E-state index in [2.05, 4.69) is 33.1 Å². The molecule has 5 rings (SSSR count). The second-order valence-electron chi connectivity index (χ2n) is 8.06. The lowest BCUT2D eigenvalue weighted by atomic mass is 9.93. The van der Waals surface area contributed by atoms with E-state index in [1.807, 2.05) is 24.5 Å². The van der Waals surface area contributed by atoms with Crippen LogP contribution in [0.5, 0.6) is 0 Å². The molecule has 1 fully saturated rings. The van der Waals surface area contributed by atoms with Crippen LogP contribution in [0.2, 0.25) is 0 Å². The van der Waals surface area contributed by atoms with Crippen LogP contribution < -0.4 is 5.32 Å². The number of hydrogen-bond acceptors (Lipinski definition) is 6. The lowest BCUT2D eigenvalue weighted by molar-refractivity contribution is 0.101. The second kappa shape index (κ2) is 7.81. The molecule has 0 radical (unpaired) electrons. The van der Waals surface area contributed by atoms with Gasteiger partial charge in [0.1, 0.15) is 0 Å². The van der Waals surface area contributed by atoms with Gasteiger partial charge in [-0.1, -0.05) is 30.2 Å². The van der Waals surface area contributed by atoms with Crippen LogP contribution in [0, 0.1) is 0 Å². The zero-order chi connectivity index (χ0) is 20.7. The predicted molar refractivity (Wildman–Crippen MR) is 120 cm³/mol. The Morgan fingerprint density at radius 2 is 2.07 bits per heavy atom. The van der Waals surface area contributed by atoms with Gasteiger partial charge < -0.3 is 15.0 Å². The number of aliphatic hydroxyl groups is 1. The maximum atomic E-state index is 11.6. The molecule has 7 heteroatoms. The van der Waals surface area contributed by atoms with Crippen LogP contribution >= 0.6 is 11.3 Å². The molecular formula is C23H24N4O2S. The number of thiazole rings is 1. The monoisotopic (exact) mass is 420 g/mol. The normalized spacial score (nSPS) is 19.4. The quantitative estimate of drug-likeness (QED) is 0.461. The molecule has 2 atom stereocenters. The Kier molecular flexibility index (Phi) is 5.00. The highest BCUT2D eigenvalue weighted by Gasteiger charge is 2.23. The SMILES string of the molecule is CC(=O)c1ccc2c(c1)ncn2Cc1ccc2nc(N[C@@H]3CCCC[C@H]3O)sc2c1. The van der Waals surface area contributed by atoms with Crippen molar-refractivity contribution in [1.82, 2.24) is 14.5 Å². The lowest BCUT2D eigenvalue weighted by Crippen LogP contribution is -2.36. The van der Waals surface area contributed by atoms with Gasteiger partial charge in [0, 0.05) is 12.1 Å². The molecule has 30 heavy (non-hydrogen) atoms. The third-order valence-electron chi connectivity index (χ3n) is 5.87. The van der Waals surface area contributed by atoms with Gasteiger partial charge in [0.15, 0.2) is 10.9 Å². The van der Waals surface area contributed by atoms with Crippen molar-refractivity contribution in [2.75, 3.05) is 5.32 Å². The van der Waals surface area contributed by atoms with Crippen LogP contribution in [-0.4, -0.2) is 37.6 Å². The van der Waals surface area contributed by atoms with Gasteiger partial charge in [-0.2, -0.15) is 0 Å². The maximum absolute atomic E-state index is 11.6. The van der Waals surface area contributed by atoms with Crippen molar-refractivity contribution in [3.05, 3.63) is 53.9 Å². The molecule has 0 saturated heterocycles. The number of aliphatic hydroxyl groups excluding tert-OH is 1. The van der Waals surface area contributed by atoms with Crippen molar-refractivity contribution in [3.63, 3.8) is 0 Å². The van der Waals surface area contributed by atoms with Crippen LogP contribution in [0.1, 0.15) is 48.5 Å². The molecule has 2 heterocycles. The van der Waals surface area contributed by atoms with Crippen molar-refractivity contribution < 1.29 is 9.90 Å². The predicted octanol–water partition coefficient (Wildman–Crippen LogP) is 4.61. The fourth-order valence-corrected chi connectivity index (χ4v) is 5.16. The Labute approximate surface area is 178 Å². The summed E-state index contributed by atoms with van der Waals surface area (Å²) in [6.45, 7) is 2.27. The van der Waals surface area contributed by atoms with Gasteiger partial charge in [-0.3, -0.25) is 4.79 Å². The molecule has 0 unspecified atom stereocenters. The van der Waals surface area contributed by atoms with Crippen molar-refractivity contribution in [2.24, 2.45) is 0 Å². The molecule has 6 nitrogen and oxygen atoms in total. The highest BCUT2D eigenvalue weighted by Crippen LogP contribution is 2.30. The van der Waals surface area contributed by atoms with Crippen molar-refractivity contribution in [3.8, 4) is 0 Å². The van der Waals surface area contributed by atoms with Crippen LogP contribution in [0.4, 0.5) is 5.13 Å². The lowest BCUT2D eigenvalue weighted by Gasteiger charge is -2.27. The number of Topliss-reactive ketones (excluding diaryl/α,β-unsaturated/α-hetero) is 1. The zero-order valence-electron chi connectivity index (χ0n) is 16.8. The van der Waals surface area contributed by atoms with E-state index in [0.717, 1.165) is 52.1 Å². The summed E-state index contributed by atoms with van der Waals surface area (Å²) in [4.78, 5) is 20.8. The molecule has 0 spiro atoms. The summed E-state index contributed by atoms with van der Waals surface area (Å²) < 4.78 is 3.22. The molecule has 154 valence electrons. The summed E-state index contributed by atoms with van der Waals surface area (Å²) >= 11 is 1.63. The first kappa shape index (κ1) is 19.2.